The maximum Gasteiger partial charge on any atom is 0.0551 e. The molecule has 9 heavy (non-hydrogen) atoms. The minimum Gasteiger partial charge on any atom is -0.393 e. The molecule has 0 aromatic carbocycles. The van der Waals surface area contributed by atoms with E-state index in [0.717, 1.165) is 24.6 Å². The smallest absolute Gasteiger partial charge is 0.0551 e. The number of aliphatic hydroxyl groups is 1. The number of hydrogen-bond acceptors (Lipinski definition) is 1. The molecule has 0 aliphatic carbocycles. The first-order chi connectivity index (χ1) is 4.31. The summed E-state index contributed by atoms with van der Waals surface area (Å²) < 4.78 is 0. The summed E-state index contributed by atoms with van der Waals surface area (Å²) in [6.45, 7) is 3.57. The van der Waals surface area contributed by atoms with Crippen LogP contribution >= 0.6 is 15.9 Å². The van der Waals surface area contributed by atoms with Crippen molar-refractivity contribution < 1.29 is 5.11 Å². The summed E-state index contributed by atoms with van der Waals surface area (Å²) in [4.78, 5) is 0. The van der Waals surface area contributed by atoms with E-state index >= 15 is 0 Å². The monoisotopic (exact) mass is 192 g/mol. The van der Waals surface area contributed by atoms with Crippen molar-refractivity contribution in [3.8, 4) is 0 Å². The molecule has 0 heterocycles. The molecule has 0 amide bonds. The average Bonchev–Trinajstić information content (AvgIpc) is 1.85. The molecule has 0 bridgehead atoms. The topological polar surface area (TPSA) is 20.2 Å². The van der Waals surface area contributed by atoms with E-state index in [0.29, 0.717) is 0 Å². The third kappa shape index (κ3) is 6.06. The standard InChI is InChI=1S/C7H13BrO/c1-2-3-4-7(9)5-6-8/h2,7,9H,1,3-6H2/t7-/m1/s1. The molecule has 54 valence electrons. The zero-order chi connectivity index (χ0) is 7.11. The summed E-state index contributed by atoms with van der Waals surface area (Å²) in [6, 6.07) is 0. The molecule has 0 saturated carbocycles. The highest BCUT2D eigenvalue weighted by molar-refractivity contribution is 9.09. The van der Waals surface area contributed by atoms with Crippen LogP contribution in [-0.2, 0) is 0 Å². The molecule has 1 nitrogen and oxygen atoms in total. The van der Waals surface area contributed by atoms with Gasteiger partial charge in [0.25, 0.3) is 0 Å². The van der Waals surface area contributed by atoms with E-state index in [4.69, 9.17) is 5.11 Å². The third-order valence-corrected chi connectivity index (χ3v) is 1.60. The van der Waals surface area contributed by atoms with Gasteiger partial charge in [-0.05, 0) is 19.3 Å². The number of alkyl halides is 1. The summed E-state index contributed by atoms with van der Waals surface area (Å²) >= 11 is 3.26. The predicted octanol–water partition coefficient (Wildman–Crippen LogP) is 2.10. The number of allylic oxidation sites excluding steroid dienone is 1. The maximum absolute atomic E-state index is 9.10. The maximum atomic E-state index is 9.10. The zero-order valence-electron chi connectivity index (χ0n) is 5.52. The first-order valence-electron chi connectivity index (χ1n) is 3.16. The lowest BCUT2D eigenvalue weighted by molar-refractivity contribution is 0.163. The Morgan fingerprint density at radius 1 is 1.56 bits per heavy atom. The molecule has 0 aromatic heterocycles. The van der Waals surface area contributed by atoms with Gasteiger partial charge in [0, 0.05) is 5.33 Å². The Kier molecular flexibility index (Phi) is 6.43. The van der Waals surface area contributed by atoms with Gasteiger partial charge in [-0.15, -0.1) is 6.58 Å². The molecule has 0 unspecified atom stereocenters. The molecule has 0 fully saturated rings. The van der Waals surface area contributed by atoms with Gasteiger partial charge in [0.15, 0.2) is 0 Å². The van der Waals surface area contributed by atoms with Crippen molar-refractivity contribution in [2.45, 2.75) is 25.4 Å². The zero-order valence-corrected chi connectivity index (χ0v) is 7.10. The van der Waals surface area contributed by atoms with E-state index in [2.05, 4.69) is 22.5 Å². The largest absolute Gasteiger partial charge is 0.393 e. The Morgan fingerprint density at radius 3 is 2.67 bits per heavy atom. The molecule has 2 heteroatoms. The van der Waals surface area contributed by atoms with Crippen molar-refractivity contribution >= 4 is 15.9 Å². The second-order valence-electron chi connectivity index (χ2n) is 2.00. The van der Waals surface area contributed by atoms with Crippen LogP contribution in [0.2, 0.25) is 0 Å². The van der Waals surface area contributed by atoms with Crippen LogP contribution in [-0.4, -0.2) is 16.5 Å². The van der Waals surface area contributed by atoms with Crippen LogP contribution in [0.5, 0.6) is 0 Å². The summed E-state index contributed by atoms with van der Waals surface area (Å²) in [5.41, 5.74) is 0. The highest BCUT2D eigenvalue weighted by Crippen LogP contribution is 2.03. The average molecular weight is 193 g/mol. The van der Waals surface area contributed by atoms with Gasteiger partial charge >= 0.3 is 0 Å². The number of hydrogen-bond donors (Lipinski definition) is 1. The lowest BCUT2D eigenvalue weighted by Gasteiger charge is -2.04. The van der Waals surface area contributed by atoms with E-state index in [-0.39, 0.29) is 6.10 Å². The van der Waals surface area contributed by atoms with Gasteiger partial charge in [0.05, 0.1) is 6.10 Å². The molecular formula is C7H13BrO. The summed E-state index contributed by atoms with van der Waals surface area (Å²) in [6.07, 6.45) is 4.27. The van der Waals surface area contributed by atoms with Gasteiger partial charge < -0.3 is 5.11 Å². The van der Waals surface area contributed by atoms with Crippen molar-refractivity contribution in [1.29, 1.82) is 0 Å². The summed E-state index contributed by atoms with van der Waals surface area (Å²) in [5.74, 6) is 0. The van der Waals surface area contributed by atoms with Gasteiger partial charge in [-0.3, -0.25) is 0 Å². The van der Waals surface area contributed by atoms with Crippen LogP contribution < -0.4 is 0 Å². The van der Waals surface area contributed by atoms with E-state index in [1.807, 2.05) is 6.08 Å². The molecule has 1 N–H and O–H groups in total. The van der Waals surface area contributed by atoms with E-state index in [1.54, 1.807) is 0 Å². The molecule has 0 aromatic rings. The highest BCUT2D eigenvalue weighted by atomic mass is 79.9. The van der Waals surface area contributed by atoms with Crippen molar-refractivity contribution in [2.24, 2.45) is 0 Å². The molecule has 0 spiro atoms. The van der Waals surface area contributed by atoms with Crippen LogP contribution in [0, 0.1) is 0 Å². The normalized spacial score (nSPS) is 13.1. The van der Waals surface area contributed by atoms with Gasteiger partial charge in [-0.1, -0.05) is 22.0 Å². The second kappa shape index (κ2) is 6.30. The molecular weight excluding hydrogens is 180 g/mol. The third-order valence-electron chi connectivity index (χ3n) is 1.15. The molecule has 1 atom stereocenters. The summed E-state index contributed by atoms with van der Waals surface area (Å²) in [7, 11) is 0. The van der Waals surface area contributed by atoms with Crippen molar-refractivity contribution in [3.05, 3.63) is 12.7 Å². The SMILES string of the molecule is C=CCC[C@@H](O)CCBr. The van der Waals surface area contributed by atoms with E-state index < -0.39 is 0 Å². The Morgan fingerprint density at radius 2 is 2.22 bits per heavy atom. The molecule has 0 aliphatic heterocycles. The number of rotatable bonds is 5. The van der Waals surface area contributed by atoms with Crippen molar-refractivity contribution in [3.63, 3.8) is 0 Å². The Bertz CT molecular complexity index is 73.3. The fourth-order valence-electron chi connectivity index (χ4n) is 0.581. The lowest BCUT2D eigenvalue weighted by Crippen LogP contribution is -2.05. The number of halogens is 1. The lowest BCUT2D eigenvalue weighted by atomic mass is 10.1. The van der Waals surface area contributed by atoms with Crippen LogP contribution in [0.25, 0.3) is 0 Å². The molecule has 0 rings (SSSR count). The van der Waals surface area contributed by atoms with Gasteiger partial charge in [0.1, 0.15) is 0 Å². The summed E-state index contributed by atoms with van der Waals surface area (Å²) in [5, 5.41) is 9.98. The van der Waals surface area contributed by atoms with Gasteiger partial charge in [-0.2, -0.15) is 0 Å². The van der Waals surface area contributed by atoms with Crippen LogP contribution in [0.4, 0.5) is 0 Å². The predicted molar refractivity (Wildman–Crippen MR) is 43.8 cm³/mol. The van der Waals surface area contributed by atoms with Gasteiger partial charge in [0.2, 0.25) is 0 Å². The van der Waals surface area contributed by atoms with Crippen molar-refractivity contribution in [2.75, 3.05) is 5.33 Å². The quantitative estimate of drug-likeness (QED) is 0.523. The Labute approximate surface area is 64.9 Å². The van der Waals surface area contributed by atoms with Crippen molar-refractivity contribution in [1.82, 2.24) is 0 Å². The fourth-order valence-corrected chi connectivity index (χ4v) is 1.11. The minimum atomic E-state index is -0.151. The molecule has 0 aliphatic rings. The molecule has 0 saturated heterocycles. The van der Waals surface area contributed by atoms with Crippen LogP contribution in [0.3, 0.4) is 0 Å². The van der Waals surface area contributed by atoms with E-state index in [1.165, 1.54) is 0 Å². The second-order valence-corrected chi connectivity index (χ2v) is 2.79. The first-order valence-corrected chi connectivity index (χ1v) is 4.28. The number of aliphatic hydroxyl groups excluding tert-OH is 1. The molecule has 0 radical (unpaired) electrons. The fraction of sp³-hybridized carbons (Fsp3) is 0.714. The minimum absolute atomic E-state index is 0.151. The Balaban J connectivity index is 3.04. The van der Waals surface area contributed by atoms with E-state index in [9.17, 15) is 0 Å². The van der Waals surface area contributed by atoms with Gasteiger partial charge in [-0.25, -0.2) is 0 Å². The first kappa shape index (κ1) is 9.18. The Hall–Kier alpha value is 0.180. The highest BCUT2D eigenvalue weighted by Gasteiger charge is 1.99. The van der Waals surface area contributed by atoms with Crippen LogP contribution in [0.15, 0.2) is 12.7 Å². The van der Waals surface area contributed by atoms with Crippen LogP contribution in [0.1, 0.15) is 19.3 Å².